The number of thiophene rings is 1. The summed E-state index contributed by atoms with van der Waals surface area (Å²) in [6.07, 6.45) is 1.74. The van der Waals surface area contributed by atoms with E-state index in [1.807, 2.05) is 60.0 Å². The van der Waals surface area contributed by atoms with Gasteiger partial charge in [0, 0.05) is 0 Å². The summed E-state index contributed by atoms with van der Waals surface area (Å²) < 4.78 is 2.36. The van der Waals surface area contributed by atoms with Crippen LogP contribution in [0, 0.1) is 0 Å². The summed E-state index contributed by atoms with van der Waals surface area (Å²) in [5, 5.41) is 6.03. The molecule has 0 aliphatic rings. The quantitative estimate of drug-likeness (QED) is 0.526. The molecular formula is C20H14N2OSSe. The number of amides is 1. The molecule has 0 saturated heterocycles. The molecule has 0 spiro atoms. The van der Waals surface area contributed by atoms with Crippen LogP contribution in [0.2, 0.25) is 0 Å². The van der Waals surface area contributed by atoms with Crippen molar-refractivity contribution in [2.24, 2.45) is 0 Å². The molecule has 0 fully saturated rings. The minimum absolute atomic E-state index is 0.0686. The van der Waals surface area contributed by atoms with Crippen molar-refractivity contribution in [3.05, 3.63) is 83.2 Å². The normalized spacial score (nSPS) is 10.7. The molecule has 2 aromatic heterocycles. The zero-order valence-electron chi connectivity index (χ0n) is 13.2. The van der Waals surface area contributed by atoms with Gasteiger partial charge in [-0.15, -0.1) is 0 Å². The Morgan fingerprint density at radius 1 is 0.960 bits per heavy atom. The van der Waals surface area contributed by atoms with Gasteiger partial charge in [-0.3, -0.25) is 0 Å². The van der Waals surface area contributed by atoms with Gasteiger partial charge in [0.15, 0.2) is 0 Å². The molecule has 0 aliphatic carbocycles. The van der Waals surface area contributed by atoms with Crippen molar-refractivity contribution in [2.45, 2.75) is 0 Å². The first kappa shape index (κ1) is 16.0. The van der Waals surface area contributed by atoms with Crippen LogP contribution in [0.5, 0.6) is 0 Å². The Morgan fingerprint density at radius 2 is 1.80 bits per heavy atom. The van der Waals surface area contributed by atoms with Crippen LogP contribution in [0.3, 0.4) is 0 Å². The summed E-state index contributed by atoms with van der Waals surface area (Å²) in [6, 6.07) is 22.0. The number of rotatable bonds is 4. The molecule has 1 amide bonds. The Hall–Kier alpha value is -2.46. The van der Waals surface area contributed by atoms with E-state index in [1.165, 1.54) is 15.8 Å². The van der Waals surface area contributed by atoms with E-state index in [4.69, 9.17) is 0 Å². The van der Waals surface area contributed by atoms with E-state index in [1.54, 1.807) is 6.20 Å². The number of nitrogens with zero attached hydrogens (tertiary/aromatic N) is 1. The molecular weight excluding hydrogens is 395 g/mol. The van der Waals surface area contributed by atoms with E-state index in [0.717, 1.165) is 25.9 Å². The van der Waals surface area contributed by atoms with Crippen LogP contribution in [0.15, 0.2) is 78.3 Å². The van der Waals surface area contributed by atoms with Crippen molar-refractivity contribution < 1.29 is 4.79 Å². The van der Waals surface area contributed by atoms with Crippen LogP contribution in [-0.2, 0) is 0 Å². The first-order valence-electron chi connectivity index (χ1n) is 7.77. The van der Waals surface area contributed by atoms with Gasteiger partial charge < -0.3 is 0 Å². The predicted octanol–water partition coefficient (Wildman–Crippen LogP) is 3.20. The Morgan fingerprint density at radius 3 is 2.68 bits per heavy atom. The molecule has 0 bridgehead atoms. The second kappa shape index (κ2) is 7.19. The van der Waals surface area contributed by atoms with E-state index >= 15 is 0 Å². The SMILES string of the molecule is O=C(Nc1cccc2cccnc12)c1sccc1[Se]c1ccccc1. The molecule has 2 aromatic carbocycles. The molecule has 4 rings (SSSR count). The van der Waals surface area contributed by atoms with E-state index < -0.39 is 0 Å². The Kier molecular flexibility index (Phi) is 4.61. The molecule has 2 heterocycles. The van der Waals surface area contributed by atoms with Crippen molar-refractivity contribution in [3.8, 4) is 0 Å². The number of anilines is 1. The van der Waals surface area contributed by atoms with Crippen molar-refractivity contribution in [1.82, 2.24) is 4.98 Å². The van der Waals surface area contributed by atoms with Gasteiger partial charge in [-0.2, -0.15) is 0 Å². The summed E-state index contributed by atoms with van der Waals surface area (Å²) in [6.45, 7) is 0. The number of para-hydroxylation sites is 1. The van der Waals surface area contributed by atoms with Crippen LogP contribution >= 0.6 is 11.3 Å². The van der Waals surface area contributed by atoms with Crippen molar-refractivity contribution in [3.63, 3.8) is 0 Å². The summed E-state index contributed by atoms with van der Waals surface area (Å²) in [7, 11) is 0. The zero-order valence-corrected chi connectivity index (χ0v) is 15.7. The molecule has 3 nitrogen and oxygen atoms in total. The molecule has 122 valence electrons. The molecule has 25 heavy (non-hydrogen) atoms. The topological polar surface area (TPSA) is 42.0 Å². The average molecular weight is 409 g/mol. The molecule has 0 aliphatic heterocycles. The van der Waals surface area contributed by atoms with Crippen molar-refractivity contribution in [1.29, 1.82) is 0 Å². The number of carbonyl (C=O) groups is 1. The standard InChI is InChI=1S/C20H14N2OSSe/c23-20(22-16-10-4-6-14-7-5-12-21-18(14)16)19-17(11-13-24-19)25-15-8-2-1-3-9-15/h1-13H,(H,22,23). The van der Waals surface area contributed by atoms with E-state index in [9.17, 15) is 4.79 Å². The van der Waals surface area contributed by atoms with Crippen molar-refractivity contribution >= 4 is 57.7 Å². The Balaban J connectivity index is 1.61. The van der Waals surface area contributed by atoms with Crippen molar-refractivity contribution in [2.75, 3.05) is 5.32 Å². The molecule has 0 saturated carbocycles. The van der Waals surface area contributed by atoms with Crippen LogP contribution in [-0.4, -0.2) is 25.8 Å². The number of fused-ring (bicyclic) bond motifs is 1. The fourth-order valence-corrected chi connectivity index (χ4v) is 5.76. The monoisotopic (exact) mass is 410 g/mol. The van der Waals surface area contributed by atoms with Gasteiger partial charge in [0.05, 0.1) is 0 Å². The zero-order chi connectivity index (χ0) is 17.1. The van der Waals surface area contributed by atoms with Crippen LogP contribution < -0.4 is 14.2 Å². The van der Waals surface area contributed by atoms with Gasteiger partial charge in [0.25, 0.3) is 0 Å². The first-order valence-corrected chi connectivity index (χ1v) is 10.4. The van der Waals surface area contributed by atoms with E-state index in [-0.39, 0.29) is 20.9 Å². The number of hydrogen-bond donors (Lipinski definition) is 1. The van der Waals surface area contributed by atoms with Gasteiger partial charge in [-0.05, 0) is 0 Å². The Bertz CT molecular complexity index is 1020. The molecule has 0 unspecified atom stereocenters. The number of benzene rings is 2. The molecule has 0 atom stereocenters. The van der Waals surface area contributed by atoms with Gasteiger partial charge in [0.2, 0.25) is 0 Å². The molecule has 5 heteroatoms. The number of hydrogen-bond acceptors (Lipinski definition) is 3. The van der Waals surface area contributed by atoms with Gasteiger partial charge in [-0.1, -0.05) is 0 Å². The molecule has 1 N–H and O–H groups in total. The third-order valence-electron chi connectivity index (χ3n) is 3.69. The number of carbonyl (C=O) groups excluding carboxylic acids is 1. The predicted molar refractivity (Wildman–Crippen MR) is 105 cm³/mol. The van der Waals surface area contributed by atoms with Crippen LogP contribution in [0.25, 0.3) is 10.9 Å². The fourth-order valence-electron chi connectivity index (χ4n) is 2.54. The van der Waals surface area contributed by atoms with E-state index in [0.29, 0.717) is 0 Å². The summed E-state index contributed by atoms with van der Waals surface area (Å²) in [5.41, 5.74) is 1.56. The van der Waals surface area contributed by atoms with Gasteiger partial charge in [0.1, 0.15) is 0 Å². The Labute approximate surface area is 155 Å². The van der Waals surface area contributed by atoms with Gasteiger partial charge in [-0.25, -0.2) is 0 Å². The number of aromatic nitrogens is 1. The summed E-state index contributed by atoms with van der Waals surface area (Å²) in [5.74, 6) is -0.0686. The minimum atomic E-state index is -0.0686. The number of nitrogens with one attached hydrogen (secondary N) is 1. The molecule has 4 aromatic rings. The molecule has 0 radical (unpaired) electrons. The summed E-state index contributed by atoms with van der Waals surface area (Å²) in [4.78, 5) is 18.0. The first-order chi connectivity index (χ1) is 12.3. The number of pyridine rings is 1. The third-order valence-corrected chi connectivity index (χ3v) is 7.13. The maximum atomic E-state index is 12.8. The third kappa shape index (κ3) is 3.49. The second-order valence-corrected chi connectivity index (χ2v) is 8.62. The van der Waals surface area contributed by atoms with Crippen LogP contribution in [0.4, 0.5) is 5.69 Å². The average Bonchev–Trinajstić information content (AvgIpc) is 3.11. The second-order valence-electron chi connectivity index (χ2n) is 5.36. The van der Waals surface area contributed by atoms with Crippen LogP contribution in [0.1, 0.15) is 9.67 Å². The van der Waals surface area contributed by atoms with E-state index in [2.05, 4.69) is 22.4 Å². The van der Waals surface area contributed by atoms with Gasteiger partial charge >= 0.3 is 156 Å². The maximum absolute atomic E-state index is 12.8. The fraction of sp³-hybridized carbons (Fsp3) is 0. The summed E-state index contributed by atoms with van der Waals surface area (Å²) >= 11 is 1.60.